The van der Waals surface area contributed by atoms with Crippen LogP contribution >= 0.6 is 0 Å². The first-order valence-corrected chi connectivity index (χ1v) is 7.31. The standard InChI is InChI=1S/C12H16FNO5S/c1-3-19-7-6-14(2)20(17,18)11-8-9(12(15)16)4-5-10(11)13/h4-5,8H,3,6-7H2,1-2H3,(H,15,16). The minimum Gasteiger partial charge on any atom is -0.478 e. The van der Waals surface area contributed by atoms with E-state index in [0.717, 1.165) is 22.5 Å². The third-order valence-corrected chi connectivity index (χ3v) is 4.49. The first-order chi connectivity index (χ1) is 9.30. The Morgan fingerprint density at radius 1 is 1.45 bits per heavy atom. The second-order valence-corrected chi connectivity index (χ2v) is 5.99. The van der Waals surface area contributed by atoms with Crippen LogP contribution in [-0.4, -0.2) is 50.6 Å². The molecule has 112 valence electrons. The summed E-state index contributed by atoms with van der Waals surface area (Å²) >= 11 is 0. The van der Waals surface area contributed by atoms with E-state index in [1.807, 2.05) is 0 Å². The van der Waals surface area contributed by atoms with Crippen LogP contribution in [0.25, 0.3) is 0 Å². The summed E-state index contributed by atoms with van der Waals surface area (Å²) in [6, 6.07) is 2.65. The molecule has 1 N–H and O–H groups in total. The minimum atomic E-state index is -4.09. The summed E-state index contributed by atoms with van der Waals surface area (Å²) in [5.74, 6) is -2.31. The minimum absolute atomic E-state index is 0.0485. The number of ether oxygens (including phenoxy) is 1. The molecule has 0 saturated heterocycles. The van der Waals surface area contributed by atoms with E-state index in [0.29, 0.717) is 6.61 Å². The number of hydrogen-bond acceptors (Lipinski definition) is 4. The van der Waals surface area contributed by atoms with Crippen LogP contribution in [0.4, 0.5) is 4.39 Å². The van der Waals surface area contributed by atoms with Crippen LogP contribution in [0.1, 0.15) is 17.3 Å². The van der Waals surface area contributed by atoms with Gasteiger partial charge in [-0.2, -0.15) is 4.31 Å². The molecule has 0 bridgehead atoms. The van der Waals surface area contributed by atoms with Crippen LogP contribution in [0, 0.1) is 5.82 Å². The van der Waals surface area contributed by atoms with Gasteiger partial charge in [-0.1, -0.05) is 0 Å². The van der Waals surface area contributed by atoms with Gasteiger partial charge >= 0.3 is 5.97 Å². The molecule has 0 aliphatic rings. The first-order valence-electron chi connectivity index (χ1n) is 5.87. The second kappa shape index (κ2) is 6.78. The molecule has 1 aromatic carbocycles. The number of hydrogen-bond donors (Lipinski definition) is 1. The van der Waals surface area contributed by atoms with E-state index in [4.69, 9.17) is 9.84 Å². The van der Waals surface area contributed by atoms with Crippen molar-refractivity contribution in [2.24, 2.45) is 0 Å². The molecule has 0 amide bonds. The van der Waals surface area contributed by atoms with Crippen LogP contribution in [-0.2, 0) is 14.8 Å². The van der Waals surface area contributed by atoms with Crippen LogP contribution < -0.4 is 0 Å². The number of carbonyl (C=O) groups is 1. The summed E-state index contributed by atoms with van der Waals surface area (Å²) in [7, 11) is -2.81. The van der Waals surface area contributed by atoms with Gasteiger partial charge in [-0.05, 0) is 25.1 Å². The van der Waals surface area contributed by atoms with Gasteiger partial charge in [0.25, 0.3) is 0 Å². The highest BCUT2D eigenvalue weighted by atomic mass is 32.2. The van der Waals surface area contributed by atoms with E-state index < -0.39 is 26.7 Å². The van der Waals surface area contributed by atoms with Crippen molar-refractivity contribution in [3.63, 3.8) is 0 Å². The van der Waals surface area contributed by atoms with Gasteiger partial charge in [0, 0.05) is 20.2 Å². The van der Waals surface area contributed by atoms with Gasteiger partial charge in [-0.15, -0.1) is 0 Å². The van der Waals surface area contributed by atoms with Gasteiger partial charge in [0.15, 0.2) is 0 Å². The monoisotopic (exact) mass is 305 g/mol. The normalized spacial score (nSPS) is 11.8. The SMILES string of the molecule is CCOCCN(C)S(=O)(=O)c1cc(C(=O)O)ccc1F. The number of sulfonamides is 1. The van der Waals surface area contributed by atoms with Crippen molar-refractivity contribution in [2.45, 2.75) is 11.8 Å². The molecular formula is C12H16FNO5S. The van der Waals surface area contributed by atoms with Crippen molar-refractivity contribution in [1.29, 1.82) is 0 Å². The maximum atomic E-state index is 13.6. The van der Waals surface area contributed by atoms with Crippen molar-refractivity contribution in [1.82, 2.24) is 4.31 Å². The maximum absolute atomic E-state index is 13.6. The summed E-state index contributed by atoms with van der Waals surface area (Å²) in [6.45, 7) is 2.43. The lowest BCUT2D eigenvalue weighted by molar-refractivity contribution is 0.0696. The third-order valence-electron chi connectivity index (χ3n) is 2.62. The summed E-state index contributed by atoms with van der Waals surface area (Å²) in [6.07, 6.45) is 0. The predicted octanol–water partition coefficient (Wildman–Crippen LogP) is 1.18. The number of nitrogens with zero attached hydrogens (tertiary/aromatic N) is 1. The lowest BCUT2D eigenvalue weighted by Crippen LogP contribution is -2.31. The molecule has 0 fully saturated rings. The zero-order chi connectivity index (χ0) is 15.3. The molecule has 0 aliphatic carbocycles. The van der Waals surface area contributed by atoms with E-state index in [2.05, 4.69) is 0 Å². The fourth-order valence-electron chi connectivity index (χ4n) is 1.46. The van der Waals surface area contributed by atoms with Gasteiger partial charge < -0.3 is 9.84 Å². The van der Waals surface area contributed by atoms with Crippen molar-refractivity contribution < 1.29 is 27.4 Å². The van der Waals surface area contributed by atoms with E-state index in [-0.39, 0.29) is 18.7 Å². The Morgan fingerprint density at radius 3 is 2.65 bits per heavy atom. The average molecular weight is 305 g/mol. The first kappa shape index (κ1) is 16.5. The Labute approximate surface area is 116 Å². The molecule has 0 spiro atoms. The fraction of sp³-hybridized carbons (Fsp3) is 0.417. The number of carboxylic acids is 1. The van der Waals surface area contributed by atoms with Crippen molar-refractivity contribution in [3.8, 4) is 0 Å². The van der Waals surface area contributed by atoms with E-state index in [1.54, 1.807) is 6.92 Å². The fourth-order valence-corrected chi connectivity index (χ4v) is 2.70. The molecule has 20 heavy (non-hydrogen) atoms. The number of halogens is 1. The number of likely N-dealkylation sites (N-methyl/N-ethyl adjacent to an activating group) is 1. The van der Waals surface area contributed by atoms with Crippen LogP contribution in [0.15, 0.2) is 23.1 Å². The Bertz CT molecular complexity index is 588. The van der Waals surface area contributed by atoms with Crippen LogP contribution in [0.2, 0.25) is 0 Å². The molecule has 1 rings (SSSR count). The molecule has 0 aliphatic heterocycles. The van der Waals surface area contributed by atoms with Gasteiger partial charge in [-0.3, -0.25) is 0 Å². The molecule has 0 unspecified atom stereocenters. The molecule has 1 aromatic rings. The van der Waals surface area contributed by atoms with Gasteiger partial charge in [0.2, 0.25) is 10.0 Å². The molecule has 0 aromatic heterocycles. The largest absolute Gasteiger partial charge is 0.478 e. The van der Waals surface area contributed by atoms with Crippen LogP contribution in [0.3, 0.4) is 0 Å². The van der Waals surface area contributed by atoms with Crippen molar-refractivity contribution in [3.05, 3.63) is 29.6 Å². The predicted molar refractivity (Wildman–Crippen MR) is 69.7 cm³/mol. The molecule has 0 radical (unpaired) electrons. The molecule has 0 heterocycles. The van der Waals surface area contributed by atoms with E-state index in [1.165, 1.54) is 7.05 Å². The molecule has 6 nitrogen and oxygen atoms in total. The van der Waals surface area contributed by atoms with E-state index >= 15 is 0 Å². The van der Waals surface area contributed by atoms with Crippen LogP contribution in [0.5, 0.6) is 0 Å². The smallest absolute Gasteiger partial charge is 0.335 e. The molecule has 0 saturated carbocycles. The summed E-state index contributed by atoms with van der Waals surface area (Å²) in [4.78, 5) is 10.2. The van der Waals surface area contributed by atoms with Crippen molar-refractivity contribution >= 4 is 16.0 Å². The van der Waals surface area contributed by atoms with Gasteiger partial charge in [-0.25, -0.2) is 17.6 Å². The lowest BCUT2D eigenvalue weighted by Gasteiger charge is -2.17. The van der Waals surface area contributed by atoms with Crippen molar-refractivity contribution in [2.75, 3.05) is 26.8 Å². The lowest BCUT2D eigenvalue weighted by atomic mass is 10.2. The Kier molecular flexibility index (Phi) is 5.61. The third kappa shape index (κ3) is 3.75. The van der Waals surface area contributed by atoms with E-state index in [9.17, 15) is 17.6 Å². The zero-order valence-corrected chi connectivity index (χ0v) is 12.0. The molecule has 8 heteroatoms. The topological polar surface area (TPSA) is 83.9 Å². The molecule has 0 atom stereocenters. The summed E-state index contributed by atoms with van der Waals surface area (Å²) in [5, 5.41) is 8.83. The number of rotatable bonds is 7. The molecular weight excluding hydrogens is 289 g/mol. The summed E-state index contributed by atoms with van der Waals surface area (Å²) in [5.41, 5.74) is -0.289. The van der Waals surface area contributed by atoms with Gasteiger partial charge in [0.1, 0.15) is 10.7 Å². The second-order valence-electron chi connectivity index (χ2n) is 3.97. The Hall–Kier alpha value is -1.51. The average Bonchev–Trinajstić information content (AvgIpc) is 2.38. The number of aromatic carboxylic acids is 1. The number of carboxylic acid groups (broad SMARTS) is 1. The number of benzene rings is 1. The zero-order valence-electron chi connectivity index (χ0n) is 11.2. The Balaban J connectivity index is 3.08. The highest BCUT2D eigenvalue weighted by molar-refractivity contribution is 7.89. The summed E-state index contributed by atoms with van der Waals surface area (Å²) < 4.78 is 43.9. The van der Waals surface area contributed by atoms with Gasteiger partial charge in [0.05, 0.1) is 12.2 Å². The maximum Gasteiger partial charge on any atom is 0.335 e. The highest BCUT2D eigenvalue weighted by Gasteiger charge is 2.25. The quantitative estimate of drug-likeness (QED) is 0.765. The Morgan fingerprint density at radius 2 is 2.10 bits per heavy atom. The highest BCUT2D eigenvalue weighted by Crippen LogP contribution is 2.20.